The fourth-order valence-corrected chi connectivity index (χ4v) is 8.71. The van der Waals surface area contributed by atoms with Gasteiger partial charge in [-0.25, -0.2) is 0 Å². The summed E-state index contributed by atoms with van der Waals surface area (Å²) in [4.78, 5) is 2.23. The average Bonchev–Trinajstić information content (AvgIpc) is 3.87. The van der Waals surface area contributed by atoms with Gasteiger partial charge in [-0.15, -0.1) is 22.7 Å². The number of aromatic nitrogens is 1. The number of rotatable bonds is 5. The van der Waals surface area contributed by atoms with Crippen LogP contribution in [0.25, 0.3) is 33.3 Å². The summed E-state index contributed by atoms with van der Waals surface area (Å²) < 4.78 is 18.3. The van der Waals surface area contributed by atoms with Gasteiger partial charge in [-0.3, -0.25) is 0 Å². The highest BCUT2D eigenvalue weighted by Gasteiger charge is 2.59. The molecule has 0 N–H and O–H groups in total. The Morgan fingerprint density at radius 2 is 1.42 bits per heavy atom. The van der Waals surface area contributed by atoms with Crippen molar-refractivity contribution >= 4 is 52.1 Å². The van der Waals surface area contributed by atoms with E-state index in [0.717, 1.165) is 54.9 Å². The largest absolute Gasteiger partial charge is 0.634 e. The lowest BCUT2D eigenvalue weighted by atomic mass is 9.54. The molecule has 43 heavy (non-hydrogen) atoms. The lowest BCUT2D eigenvalue weighted by Gasteiger charge is -2.45. The van der Waals surface area contributed by atoms with Crippen LogP contribution in [0.2, 0.25) is 0 Å². The number of fused-ring (bicyclic) bond motifs is 4. The van der Waals surface area contributed by atoms with Gasteiger partial charge < -0.3 is 18.4 Å². The first-order valence-electron chi connectivity index (χ1n) is 14.3. The van der Waals surface area contributed by atoms with Crippen molar-refractivity contribution < 1.29 is 13.9 Å². The van der Waals surface area contributed by atoms with Gasteiger partial charge in [-0.05, 0) is 40.1 Å². The van der Waals surface area contributed by atoms with Crippen LogP contribution in [-0.2, 0) is 0 Å². The van der Waals surface area contributed by atoms with Crippen LogP contribution in [0.3, 0.4) is 0 Å². The monoisotopic (exact) mass is 592 g/mol. The van der Waals surface area contributed by atoms with E-state index in [-0.39, 0.29) is 0 Å². The third-order valence-corrected chi connectivity index (χ3v) is 10.6. The zero-order valence-electron chi connectivity index (χ0n) is 23.3. The molecule has 206 valence electrons. The molecule has 0 amide bonds. The first kappa shape index (κ1) is 24.7. The van der Waals surface area contributed by atoms with Crippen LogP contribution >= 0.6 is 22.7 Å². The Bertz CT molecular complexity index is 2140. The zero-order chi connectivity index (χ0) is 28.5. The van der Waals surface area contributed by atoms with Crippen LogP contribution in [-0.4, -0.2) is 28.4 Å². The van der Waals surface area contributed by atoms with Crippen molar-refractivity contribution in [2.75, 3.05) is 7.11 Å². The number of hydrogen-bond donors (Lipinski definition) is 0. The van der Waals surface area contributed by atoms with Gasteiger partial charge in [0.05, 0.1) is 23.3 Å². The Morgan fingerprint density at radius 3 is 2.16 bits per heavy atom. The second-order valence-electron chi connectivity index (χ2n) is 10.9. The molecular formula is C36H25BN2O2S2. The average molecular weight is 593 g/mol. The van der Waals surface area contributed by atoms with E-state index in [9.17, 15) is 0 Å². The fourth-order valence-electron chi connectivity index (χ4n) is 7.00. The highest BCUT2D eigenvalue weighted by molar-refractivity contribution is 7.14. The second-order valence-corrected chi connectivity index (χ2v) is 12.8. The van der Waals surface area contributed by atoms with Gasteiger partial charge in [0, 0.05) is 29.1 Å². The summed E-state index contributed by atoms with van der Waals surface area (Å²) in [5.74, 6) is 1.77. The van der Waals surface area contributed by atoms with Gasteiger partial charge in [0.25, 0.3) is 0 Å². The predicted molar refractivity (Wildman–Crippen MR) is 179 cm³/mol. The van der Waals surface area contributed by atoms with Crippen molar-refractivity contribution in [2.45, 2.75) is 0 Å². The third kappa shape index (κ3) is 3.40. The Balaban J connectivity index is 1.46. The molecule has 1 unspecified atom stereocenters. The molecule has 0 spiro atoms. The smallest absolute Gasteiger partial charge is 0.598 e. The maximum absolute atomic E-state index is 7.43. The van der Waals surface area contributed by atoms with Crippen molar-refractivity contribution in [2.24, 2.45) is 0 Å². The highest BCUT2D eigenvalue weighted by atomic mass is 32.1. The number of hydrogen-bond acceptors (Lipinski definition) is 4. The molecule has 6 heterocycles. The first-order valence-corrected chi connectivity index (χ1v) is 16.1. The summed E-state index contributed by atoms with van der Waals surface area (Å²) in [6, 6.07) is 38.6. The van der Waals surface area contributed by atoms with Gasteiger partial charge in [0.1, 0.15) is 10.6 Å². The Morgan fingerprint density at radius 1 is 0.744 bits per heavy atom. The lowest BCUT2D eigenvalue weighted by Crippen LogP contribution is -2.71. The van der Waals surface area contributed by atoms with E-state index >= 15 is 0 Å². The predicted octanol–water partition coefficient (Wildman–Crippen LogP) is 7.99. The lowest BCUT2D eigenvalue weighted by molar-refractivity contribution is -0.346. The van der Waals surface area contributed by atoms with Gasteiger partial charge in [-0.1, -0.05) is 96.5 Å². The second kappa shape index (κ2) is 9.33. The molecule has 6 aromatic rings. The van der Waals surface area contributed by atoms with E-state index in [1.54, 1.807) is 29.8 Å². The molecule has 0 bridgehead atoms. The summed E-state index contributed by atoms with van der Waals surface area (Å²) in [6.07, 6.45) is 4.72. The van der Waals surface area contributed by atoms with Crippen LogP contribution in [0.4, 0.5) is 0 Å². The zero-order valence-corrected chi connectivity index (χ0v) is 24.9. The molecule has 1 atom stereocenters. The molecule has 0 saturated heterocycles. The fraction of sp³-hybridized carbons (Fsp3) is 0.0278. The molecular weight excluding hydrogens is 567 g/mol. The molecule has 4 nitrogen and oxygen atoms in total. The maximum atomic E-state index is 7.43. The Kier molecular flexibility index (Phi) is 5.36. The molecule has 0 saturated carbocycles. The number of methoxy groups -OCH3 is 1. The van der Waals surface area contributed by atoms with E-state index in [1.165, 1.54) is 16.8 Å². The Hall–Kier alpha value is -4.85. The summed E-state index contributed by atoms with van der Waals surface area (Å²) >= 11 is 3.43. The van der Waals surface area contributed by atoms with Gasteiger partial charge in [0.2, 0.25) is 0 Å². The minimum absolute atomic E-state index is 0.861. The van der Waals surface area contributed by atoms with Crippen LogP contribution in [0, 0.1) is 0 Å². The van der Waals surface area contributed by atoms with Gasteiger partial charge in [0.15, 0.2) is 11.4 Å². The summed E-state index contributed by atoms with van der Waals surface area (Å²) in [6.45, 7) is -2.02. The maximum Gasteiger partial charge on any atom is 0.598 e. The summed E-state index contributed by atoms with van der Waals surface area (Å²) in [5.41, 5.74) is 10.3. The van der Waals surface area contributed by atoms with Crippen molar-refractivity contribution in [3.05, 3.63) is 148 Å². The topological polar surface area (TPSA) is 26.4 Å². The van der Waals surface area contributed by atoms with E-state index in [2.05, 4.69) is 141 Å². The number of benzene rings is 3. The van der Waals surface area contributed by atoms with Crippen LogP contribution in [0.1, 0.15) is 16.1 Å². The van der Waals surface area contributed by atoms with Gasteiger partial charge in [-0.2, -0.15) is 0 Å². The van der Waals surface area contributed by atoms with Crippen molar-refractivity contribution in [1.29, 1.82) is 0 Å². The number of nitrogens with zero attached hydrogens (tertiary/aromatic N) is 2. The number of ether oxygens (including phenoxy) is 1. The standard InChI is InChI=1S/C36H25BN2O2S2/c1-40-33-17-19-42-35(33)31-21-27(24-11-5-2-6-12-24)29-23-30-28(25-13-7-3-8-14-25)22-32-36-34(18-20-43-36)41-37(38(29)31,39(30)32)26-15-9-4-10-16-26/h2-23H,1H3. The first-order chi connectivity index (χ1) is 21.3. The molecule has 0 radical (unpaired) electrons. The molecule has 0 aliphatic carbocycles. The van der Waals surface area contributed by atoms with Gasteiger partial charge >= 0.3 is 6.62 Å². The van der Waals surface area contributed by atoms with Crippen LogP contribution in [0.5, 0.6) is 11.5 Å². The van der Waals surface area contributed by atoms with Crippen molar-refractivity contribution in [1.82, 2.24) is 4.48 Å². The minimum atomic E-state index is -2.02. The van der Waals surface area contributed by atoms with Crippen molar-refractivity contribution in [3.8, 4) is 33.2 Å². The summed E-state index contributed by atoms with van der Waals surface area (Å²) in [7, 11) is 1.75. The number of allylic oxidation sites excluding steroid dienone is 2. The molecule has 7 heteroatoms. The quantitative estimate of drug-likeness (QED) is 0.190. The van der Waals surface area contributed by atoms with E-state index < -0.39 is 6.62 Å². The molecule has 9 rings (SSSR count). The SMILES string of the molecule is COc1ccsc1-c1cc(-c2ccccc2)c2n1[B-]1(c3ccccc3)Oc3ccsc3C3=[N+]1C(=C2)C(c1ccccc1)=C3. The van der Waals surface area contributed by atoms with E-state index in [4.69, 9.17) is 9.39 Å². The van der Waals surface area contributed by atoms with Crippen LogP contribution in [0.15, 0.2) is 132 Å². The third-order valence-electron chi connectivity index (χ3n) is 8.76. The highest BCUT2D eigenvalue weighted by Crippen LogP contribution is 2.50. The molecule has 3 aromatic heterocycles. The molecule has 0 fully saturated rings. The van der Waals surface area contributed by atoms with E-state index in [1.807, 2.05) is 0 Å². The van der Waals surface area contributed by atoms with Crippen molar-refractivity contribution in [3.63, 3.8) is 0 Å². The number of thiophene rings is 2. The van der Waals surface area contributed by atoms with E-state index in [0.29, 0.717) is 0 Å². The molecule has 3 aromatic carbocycles. The normalized spacial score (nSPS) is 17.9. The van der Waals surface area contributed by atoms with Crippen LogP contribution < -0.4 is 14.9 Å². The Labute approximate surface area is 257 Å². The minimum Gasteiger partial charge on any atom is -0.634 e. The summed E-state index contributed by atoms with van der Waals surface area (Å²) in [5, 5.41) is 4.24. The molecule has 3 aliphatic rings. The molecule has 3 aliphatic heterocycles.